The number of nitrogens with zero attached hydrogens (tertiary/aromatic N) is 2. The molecule has 4 rings (SSSR count). The largest absolute Gasteiger partial charge is 0.340 e. The van der Waals surface area contributed by atoms with Gasteiger partial charge in [0.2, 0.25) is 0 Å². The molecule has 0 radical (unpaired) electrons. The van der Waals surface area contributed by atoms with Crippen LogP contribution in [0.15, 0.2) is 72.3 Å². The second-order valence-electron chi connectivity index (χ2n) is 7.78. The Kier molecular flexibility index (Phi) is 6.55. The Morgan fingerprint density at radius 3 is 2.55 bits per heavy atom. The number of nitriles is 1. The van der Waals surface area contributed by atoms with Crippen LogP contribution in [0.5, 0.6) is 0 Å². The molecule has 0 saturated heterocycles. The number of para-hydroxylation sites is 1. The summed E-state index contributed by atoms with van der Waals surface area (Å²) in [5.41, 5.74) is 5.21. The molecule has 0 atom stereocenters. The number of anilines is 1. The monoisotopic (exact) mass is 473 g/mol. The fourth-order valence-electron chi connectivity index (χ4n) is 3.85. The van der Waals surface area contributed by atoms with Gasteiger partial charge in [0.15, 0.2) is 0 Å². The predicted molar refractivity (Wildman–Crippen MR) is 136 cm³/mol. The topological polar surface area (TPSA) is 57.8 Å². The van der Waals surface area contributed by atoms with Gasteiger partial charge in [0.25, 0.3) is 5.91 Å². The third kappa shape index (κ3) is 4.66. The van der Waals surface area contributed by atoms with Crippen molar-refractivity contribution in [3.63, 3.8) is 0 Å². The van der Waals surface area contributed by atoms with Crippen molar-refractivity contribution in [2.75, 3.05) is 5.32 Å². The number of benzene rings is 3. The van der Waals surface area contributed by atoms with E-state index < -0.39 is 5.91 Å². The van der Waals surface area contributed by atoms with Crippen LogP contribution in [0.1, 0.15) is 22.4 Å². The number of aryl methyl sites for hydroxylation is 1. The van der Waals surface area contributed by atoms with Crippen LogP contribution in [0, 0.1) is 25.2 Å². The van der Waals surface area contributed by atoms with Gasteiger partial charge in [0.1, 0.15) is 11.6 Å². The molecule has 0 aliphatic rings. The van der Waals surface area contributed by atoms with E-state index in [4.69, 9.17) is 23.2 Å². The molecule has 1 N–H and O–H groups in total. The predicted octanol–water partition coefficient (Wildman–Crippen LogP) is 7.16. The van der Waals surface area contributed by atoms with Gasteiger partial charge in [-0.2, -0.15) is 5.26 Å². The molecule has 1 amide bonds. The van der Waals surface area contributed by atoms with Gasteiger partial charge in [-0.1, -0.05) is 65.7 Å². The van der Waals surface area contributed by atoms with Crippen molar-refractivity contribution in [3.8, 4) is 6.07 Å². The van der Waals surface area contributed by atoms with Crippen LogP contribution in [0.3, 0.4) is 0 Å². The van der Waals surface area contributed by atoms with E-state index in [1.54, 1.807) is 18.2 Å². The SMILES string of the molecule is Cc1ccc(Cl)cc1NC(=O)/C(C#N)=C/c1c(C)n(Cc2ccccc2Cl)c2ccccc12. The van der Waals surface area contributed by atoms with Crippen molar-refractivity contribution in [1.82, 2.24) is 4.57 Å². The van der Waals surface area contributed by atoms with Crippen molar-refractivity contribution in [2.24, 2.45) is 0 Å². The number of nitrogens with one attached hydrogen (secondary N) is 1. The molecule has 0 aliphatic carbocycles. The van der Waals surface area contributed by atoms with E-state index in [0.29, 0.717) is 22.3 Å². The lowest BCUT2D eigenvalue weighted by molar-refractivity contribution is -0.112. The highest BCUT2D eigenvalue weighted by Crippen LogP contribution is 2.30. The zero-order chi connectivity index (χ0) is 23.5. The molecule has 0 bridgehead atoms. The lowest BCUT2D eigenvalue weighted by atomic mass is 10.1. The van der Waals surface area contributed by atoms with Gasteiger partial charge in [-0.15, -0.1) is 0 Å². The summed E-state index contributed by atoms with van der Waals surface area (Å²) in [4.78, 5) is 12.9. The molecule has 0 aliphatic heterocycles. The first-order chi connectivity index (χ1) is 15.9. The van der Waals surface area contributed by atoms with Crippen LogP contribution in [0.4, 0.5) is 5.69 Å². The van der Waals surface area contributed by atoms with Crippen LogP contribution in [-0.4, -0.2) is 10.5 Å². The van der Waals surface area contributed by atoms with Gasteiger partial charge in [0.05, 0.1) is 0 Å². The Hall–Kier alpha value is -3.52. The standard InChI is InChI=1S/C27H21Cl2N3O/c1-17-11-12-21(28)14-25(17)31-27(33)20(15-30)13-23-18(2)32(26-10-6-4-8-22(23)26)16-19-7-3-5-9-24(19)29/h3-14H,16H2,1-2H3,(H,31,33)/b20-13+. The fraction of sp³-hybridized carbons (Fsp3) is 0.111. The number of rotatable bonds is 5. The van der Waals surface area contributed by atoms with Crippen LogP contribution >= 0.6 is 23.2 Å². The zero-order valence-corrected chi connectivity index (χ0v) is 19.7. The molecule has 6 heteroatoms. The summed E-state index contributed by atoms with van der Waals surface area (Å²) in [6.07, 6.45) is 1.65. The first-order valence-electron chi connectivity index (χ1n) is 10.4. The van der Waals surface area contributed by atoms with Crippen LogP contribution in [0.2, 0.25) is 10.0 Å². The van der Waals surface area contributed by atoms with Crippen molar-refractivity contribution in [2.45, 2.75) is 20.4 Å². The van der Waals surface area contributed by atoms with Gasteiger partial charge in [-0.05, 0) is 55.3 Å². The molecule has 0 spiro atoms. The Morgan fingerprint density at radius 2 is 1.79 bits per heavy atom. The molecule has 4 aromatic rings. The maximum absolute atomic E-state index is 12.9. The van der Waals surface area contributed by atoms with Gasteiger partial charge in [0, 0.05) is 44.4 Å². The molecule has 3 aromatic carbocycles. The molecular formula is C27H21Cl2N3O. The molecule has 1 heterocycles. The van der Waals surface area contributed by atoms with Crippen molar-refractivity contribution in [1.29, 1.82) is 5.26 Å². The smallest absolute Gasteiger partial charge is 0.266 e. The summed E-state index contributed by atoms with van der Waals surface area (Å²) in [7, 11) is 0. The molecule has 4 nitrogen and oxygen atoms in total. The first kappa shape index (κ1) is 22.7. The maximum atomic E-state index is 12.9. The number of halogens is 2. The van der Waals surface area contributed by atoms with Gasteiger partial charge in [-0.3, -0.25) is 4.79 Å². The highest BCUT2D eigenvalue weighted by atomic mass is 35.5. The number of amides is 1. The zero-order valence-electron chi connectivity index (χ0n) is 18.2. The number of aromatic nitrogens is 1. The average Bonchev–Trinajstić information content (AvgIpc) is 3.06. The highest BCUT2D eigenvalue weighted by Gasteiger charge is 2.17. The van der Waals surface area contributed by atoms with Crippen LogP contribution in [0.25, 0.3) is 17.0 Å². The second kappa shape index (κ2) is 9.54. The third-order valence-electron chi connectivity index (χ3n) is 5.67. The van der Waals surface area contributed by atoms with Crippen molar-refractivity contribution >= 4 is 51.8 Å². The summed E-state index contributed by atoms with van der Waals surface area (Å²) >= 11 is 12.5. The molecular weight excluding hydrogens is 453 g/mol. The Balaban J connectivity index is 1.76. The molecule has 33 heavy (non-hydrogen) atoms. The normalized spacial score (nSPS) is 11.4. The maximum Gasteiger partial charge on any atom is 0.266 e. The minimum absolute atomic E-state index is 0.0122. The fourth-order valence-corrected chi connectivity index (χ4v) is 4.22. The molecule has 0 saturated carbocycles. The van der Waals surface area contributed by atoms with Gasteiger partial charge < -0.3 is 9.88 Å². The molecule has 164 valence electrons. The van der Waals surface area contributed by atoms with Gasteiger partial charge >= 0.3 is 0 Å². The summed E-state index contributed by atoms with van der Waals surface area (Å²) in [5, 5.41) is 14.7. The summed E-state index contributed by atoms with van der Waals surface area (Å²) in [5.74, 6) is -0.481. The lowest BCUT2D eigenvalue weighted by Crippen LogP contribution is -2.14. The van der Waals surface area contributed by atoms with E-state index in [9.17, 15) is 10.1 Å². The van der Waals surface area contributed by atoms with Crippen LogP contribution < -0.4 is 5.32 Å². The number of hydrogen-bond acceptors (Lipinski definition) is 2. The second-order valence-corrected chi connectivity index (χ2v) is 8.62. The third-order valence-corrected chi connectivity index (χ3v) is 6.27. The van der Waals surface area contributed by atoms with E-state index in [2.05, 4.69) is 16.0 Å². The van der Waals surface area contributed by atoms with E-state index in [1.807, 2.05) is 68.4 Å². The first-order valence-corrected chi connectivity index (χ1v) is 11.1. The minimum atomic E-state index is -0.481. The summed E-state index contributed by atoms with van der Waals surface area (Å²) < 4.78 is 2.15. The number of hydrogen-bond donors (Lipinski definition) is 1. The van der Waals surface area contributed by atoms with Crippen molar-refractivity contribution < 1.29 is 4.79 Å². The van der Waals surface area contributed by atoms with Crippen molar-refractivity contribution in [3.05, 3.63) is 105 Å². The number of fused-ring (bicyclic) bond motifs is 1. The Bertz CT molecular complexity index is 1440. The Morgan fingerprint density at radius 1 is 1.06 bits per heavy atom. The number of carbonyl (C=O) groups is 1. The average molecular weight is 474 g/mol. The molecule has 0 fully saturated rings. The van der Waals surface area contributed by atoms with E-state index in [-0.39, 0.29) is 5.57 Å². The lowest BCUT2D eigenvalue weighted by Gasteiger charge is -2.10. The van der Waals surface area contributed by atoms with E-state index >= 15 is 0 Å². The quantitative estimate of drug-likeness (QED) is 0.247. The Labute approximate surface area is 202 Å². The molecule has 1 aromatic heterocycles. The van der Waals surface area contributed by atoms with E-state index in [0.717, 1.165) is 33.3 Å². The summed E-state index contributed by atoms with van der Waals surface area (Å²) in [6.45, 7) is 4.43. The molecule has 0 unspecified atom stereocenters. The van der Waals surface area contributed by atoms with Gasteiger partial charge in [-0.25, -0.2) is 0 Å². The highest BCUT2D eigenvalue weighted by molar-refractivity contribution is 6.31. The minimum Gasteiger partial charge on any atom is -0.340 e. The van der Waals surface area contributed by atoms with E-state index in [1.165, 1.54) is 0 Å². The summed E-state index contributed by atoms with van der Waals surface area (Å²) in [6, 6.07) is 23.0. The number of carbonyl (C=O) groups excluding carboxylic acids is 1. The van der Waals surface area contributed by atoms with Crippen LogP contribution in [-0.2, 0) is 11.3 Å².